The van der Waals surface area contributed by atoms with Gasteiger partial charge in [0.15, 0.2) is 0 Å². The number of halogens is 1. The van der Waals surface area contributed by atoms with Crippen LogP contribution in [-0.2, 0) is 0 Å². The summed E-state index contributed by atoms with van der Waals surface area (Å²) in [6.45, 7) is 6.47. The molecule has 0 spiro atoms. The lowest BCUT2D eigenvalue weighted by Gasteiger charge is -2.15. The molecule has 0 bridgehead atoms. The Kier molecular flexibility index (Phi) is 6.85. The third-order valence-electron chi connectivity index (χ3n) is 3.29. The largest absolute Gasteiger partial charge is 0.493 e. The summed E-state index contributed by atoms with van der Waals surface area (Å²) in [7, 11) is 0. The zero-order chi connectivity index (χ0) is 14.3. The van der Waals surface area contributed by atoms with Gasteiger partial charge in [-0.1, -0.05) is 32.6 Å². The monoisotopic (exact) mass is 267 g/mol. The van der Waals surface area contributed by atoms with Crippen LogP contribution in [0.4, 0.5) is 4.39 Å². The van der Waals surface area contributed by atoms with Crippen LogP contribution < -0.4 is 10.5 Å². The highest BCUT2D eigenvalue weighted by molar-refractivity contribution is 5.39. The molecule has 0 saturated carbocycles. The minimum atomic E-state index is -0.220. The fourth-order valence-corrected chi connectivity index (χ4v) is 2.04. The van der Waals surface area contributed by atoms with Gasteiger partial charge in [0.1, 0.15) is 11.6 Å². The molecule has 1 aromatic carbocycles. The normalized spacial score (nSPS) is 12.5. The van der Waals surface area contributed by atoms with Gasteiger partial charge in [-0.3, -0.25) is 0 Å². The van der Waals surface area contributed by atoms with Crippen molar-refractivity contribution in [2.24, 2.45) is 5.73 Å². The quantitative estimate of drug-likeness (QED) is 0.704. The van der Waals surface area contributed by atoms with Gasteiger partial charge in [0.2, 0.25) is 0 Å². The maximum absolute atomic E-state index is 13.5. The third kappa shape index (κ3) is 5.19. The standard InChI is InChI=1S/C16H26FNO/c1-4-5-6-7-8-9-19-16-10-12(2)15(17)11-14(16)13(3)18/h10-11,13H,4-9,18H2,1-3H3/t13-/m1/s1. The van der Waals surface area contributed by atoms with E-state index in [1.807, 2.05) is 6.92 Å². The van der Waals surface area contributed by atoms with E-state index < -0.39 is 0 Å². The minimum absolute atomic E-state index is 0.217. The Labute approximate surface area is 116 Å². The van der Waals surface area contributed by atoms with Gasteiger partial charge in [0.05, 0.1) is 6.61 Å². The molecule has 108 valence electrons. The summed E-state index contributed by atoms with van der Waals surface area (Å²) in [5.41, 5.74) is 7.21. The Morgan fingerprint density at radius 3 is 2.53 bits per heavy atom. The van der Waals surface area contributed by atoms with Gasteiger partial charge >= 0.3 is 0 Å². The molecule has 1 aromatic rings. The van der Waals surface area contributed by atoms with Crippen LogP contribution in [0.15, 0.2) is 12.1 Å². The number of unbranched alkanes of at least 4 members (excludes halogenated alkanes) is 4. The first-order valence-corrected chi connectivity index (χ1v) is 7.24. The summed E-state index contributed by atoms with van der Waals surface area (Å²) in [5.74, 6) is 0.506. The lowest BCUT2D eigenvalue weighted by atomic mass is 10.1. The summed E-state index contributed by atoms with van der Waals surface area (Å²) in [4.78, 5) is 0. The van der Waals surface area contributed by atoms with Crippen LogP contribution in [0.3, 0.4) is 0 Å². The molecule has 0 amide bonds. The van der Waals surface area contributed by atoms with Crippen LogP contribution in [0.25, 0.3) is 0 Å². The molecular formula is C16H26FNO. The van der Waals surface area contributed by atoms with E-state index in [1.165, 1.54) is 31.7 Å². The lowest BCUT2D eigenvalue weighted by molar-refractivity contribution is 0.299. The molecule has 19 heavy (non-hydrogen) atoms. The zero-order valence-corrected chi connectivity index (χ0v) is 12.3. The summed E-state index contributed by atoms with van der Waals surface area (Å²) < 4.78 is 19.3. The molecule has 0 radical (unpaired) electrons. The summed E-state index contributed by atoms with van der Waals surface area (Å²) in [6.07, 6.45) is 5.99. The Bertz CT molecular complexity index is 391. The van der Waals surface area contributed by atoms with Gasteiger partial charge < -0.3 is 10.5 Å². The SMILES string of the molecule is CCCCCCCOc1cc(C)c(F)cc1[C@@H](C)N. The third-order valence-corrected chi connectivity index (χ3v) is 3.29. The van der Waals surface area contributed by atoms with Crippen molar-refractivity contribution in [3.8, 4) is 5.75 Å². The first kappa shape index (κ1) is 16.0. The first-order valence-electron chi connectivity index (χ1n) is 7.24. The van der Waals surface area contributed by atoms with E-state index in [0.29, 0.717) is 12.2 Å². The van der Waals surface area contributed by atoms with Gasteiger partial charge in [0, 0.05) is 11.6 Å². The van der Waals surface area contributed by atoms with Crippen LogP contribution in [0.5, 0.6) is 5.75 Å². The molecule has 1 rings (SSSR count). The predicted molar refractivity (Wildman–Crippen MR) is 78.0 cm³/mol. The maximum atomic E-state index is 13.5. The fraction of sp³-hybridized carbons (Fsp3) is 0.625. The van der Waals surface area contributed by atoms with Crippen molar-refractivity contribution < 1.29 is 9.13 Å². The molecule has 0 aliphatic heterocycles. The van der Waals surface area contributed by atoms with Crippen LogP contribution in [-0.4, -0.2) is 6.61 Å². The molecule has 3 heteroatoms. The van der Waals surface area contributed by atoms with E-state index in [0.717, 1.165) is 17.7 Å². The highest BCUT2D eigenvalue weighted by atomic mass is 19.1. The van der Waals surface area contributed by atoms with Gasteiger partial charge in [-0.2, -0.15) is 0 Å². The van der Waals surface area contributed by atoms with Gasteiger partial charge in [-0.05, 0) is 38.0 Å². The molecule has 1 atom stereocenters. The minimum Gasteiger partial charge on any atom is -0.493 e. The lowest BCUT2D eigenvalue weighted by Crippen LogP contribution is -2.10. The van der Waals surface area contributed by atoms with Gasteiger partial charge in [-0.25, -0.2) is 4.39 Å². The molecule has 0 unspecified atom stereocenters. The Morgan fingerprint density at radius 1 is 1.21 bits per heavy atom. The fourth-order valence-electron chi connectivity index (χ4n) is 2.04. The number of benzene rings is 1. The number of aryl methyl sites for hydroxylation is 1. The number of rotatable bonds is 8. The van der Waals surface area contributed by atoms with Crippen molar-refractivity contribution >= 4 is 0 Å². The van der Waals surface area contributed by atoms with Crippen molar-refractivity contribution in [1.29, 1.82) is 0 Å². The van der Waals surface area contributed by atoms with Crippen molar-refractivity contribution in [2.45, 2.75) is 58.9 Å². The Balaban J connectivity index is 2.54. The van der Waals surface area contributed by atoms with Crippen molar-refractivity contribution in [2.75, 3.05) is 6.61 Å². The summed E-state index contributed by atoms with van der Waals surface area (Å²) in [5, 5.41) is 0. The van der Waals surface area contributed by atoms with E-state index >= 15 is 0 Å². The van der Waals surface area contributed by atoms with E-state index in [1.54, 1.807) is 13.0 Å². The van der Waals surface area contributed by atoms with E-state index in [-0.39, 0.29) is 11.9 Å². The molecular weight excluding hydrogens is 241 g/mol. The topological polar surface area (TPSA) is 35.2 Å². The van der Waals surface area contributed by atoms with Crippen molar-refractivity contribution in [3.05, 3.63) is 29.1 Å². The summed E-state index contributed by atoms with van der Waals surface area (Å²) >= 11 is 0. The highest BCUT2D eigenvalue weighted by Crippen LogP contribution is 2.27. The van der Waals surface area contributed by atoms with E-state index in [2.05, 4.69) is 6.92 Å². The van der Waals surface area contributed by atoms with Gasteiger partial charge in [0.25, 0.3) is 0 Å². The van der Waals surface area contributed by atoms with Crippen LogP contribution in [0.1, 0.15) is 63.1 Å². The predicted octanol–water partition coefficient (Wildman–Crippen LogP) is 4.50. The number of hydrogen-bond donors (Lipinski definition) is 1. The number of hydrogen-bond acceptors (Lipinski definition) is 2. The molecule has 0 aromatic heterocycles. The Morgan fingerprint density at radius 2 is 1.89 bits per heavy atom. The van der Waals surface area contributed by atoms with E-state index in [4.69, 9.17) is 10.5 Å². The second-order valence-corrected chi connectivity index (χ2v) is 5.19. The molecule has 0 saturated heterocycles. The molecule has 2 nitrogen and oxygen atoms in total. The second-order valence-electron chi connectivity index (χ2n) is 5.19. The number of ether oxygens (including phenoxy) is 1. The smallest absolute Gasteiger partial charge is 0.126 e. The first-order chi connectivity index (χ1) is 9.06. The maximum Gasteiger partial charge on any atom is 0.126 e. The Hall–Kier alpha value is -1.09. The van der Waals surface area contributed by atoms with E-state index in [9.17, 15) is 4.39 Å². The summed E-state index contributed by atoms with van der Waals surface area (Å²) in [6, 6.07) is 3.03. The van der Waals surface area contributed by atoms with Crippen molar-refractivity contribution in [3.63, 3.8) is 0 Å². The van der Waals surface area contributed by atoms with Crippen molar-refractivity contribution in [1.82, 2.24) is 0 Å². The molecule has 0 heterocycles. The molecule has 2 N–H and O–H groups in total. The molecule has 0 aliphatic carbocycles. The molecule has 0 aliphatic rings. The van der Waals surface area contributed by atoms with Crippen LogP contribution in [0, 0.1) is 12.7 Å². The molecule has 0 fully saturated rings. The number of nitrogens with two attached hydrogens (primary N) is 1. The zero-order valence-electron chi connectivity index (χ0n) is 12.3. The average molecular weight is 267 g/mol. The average Bonchev–Trinajstić information content (AvgIpc) is 2.37. The van der Waals surface area contributed by atoms with Crippen LogP contribution >= 0.6 is 0 Å². The van der Waals surface area contributed by atoms with Gasteiger partial charge in [-0.15, -0.1) is 0 Å². The highest BCUT2D eigenvalue weighted by Gasteiger charge is 2.11. The van der Waals surface area contributed by atoms with Crippen LogP contribution in [0.2, 0.25) is 0 Å². The second kappa shape index (κ2) is 8.16.